The predicted molar refractivity (Wildman–Crippen MR) is 76.5 cm³/mol. The Bertz CT molecular complexity index is 717. The summed E-state index contributed by atoms with van der Waals surface area (Å²) in [7, 11) is 0. The Hall–Kier alpha value is -1.80. The summed E-state index contributed by atoms with van der Waals surface area (Å²) in [6.45, 7) is 0.160. The molecule has 1 amide bonds. The van der Waals surface area contributed by atoms with Crippen LogP contribution < -0.4 is 5.32 Å². The lowest BCUT2D eigenvalue weighted by atomic mass is 10.1. The molecule has 2 aromatic rings. The Kier molecular flexibility index (Phi) is 4.69. The van der Waals surface area contributed by atoms with Crippen molar-refractivity contribution in [3.63, 3.8) is 0 Å². The van der Waals surface area contributed by atoms with Crippen LogP contribution in [0.15, 0.2) is 28.1 Å². The summed E-state index contributed by atoms with van der Waals surface area (Å²) in [6, 6.07) is 4.65. The number of rotatable bonds is 4. The fourth-order valence-electron chi connectivity index (χ4n) is 1.62. The highest BCUT2D eigenvalue weighted by molar-refractivity contribution is 9.11. The van der Waals surface area contributed by atoms with Gasteiger partial charge < -0.3 is 10.4 Å². The molecule has 0 saturated heterocycles. The van der Waals surface area contributed by atoms with Crippen molar-refractivity contribution >= 4 is 39.1 Å². The minimum atomic E-state index is -1.50. The van der Waals surface area contributed by atoms with E-state index in [1.807, 2.05) is 0 Å². The van der Waals surface area contributed by atoms with Gasteiger partial charge in [0.1, 0.15) is 0 Å². The van der Waals surface area contributed by atoms with Gasteiger partial charge in [0.2, 0.25) is 0 Å². The molecule has 8 heteroatoms. The Balaban J connectivity index is 2.22. The third-order valence-electron chi connectivity index (χ3n) is 2.59. The first-order chi connectivity index (χ1) is 9.88. The second-order valence-corrected chi connectivity index (χ2v) is 6.55. The van der Waals surface area contributed by atoms with E-state index in [2.05, 4.69) is 21.2 Å². The summed E-state index contributed by atoms with van der Waals surface area (Å²) in [5.41, 5.74) is -1.00. The lowest BCUT2D eigenvalue weighted by Crippen LogP contribution is -2.25. The van der Waals surface area contributed by atoms with Crippen LogP contribution in [0.1, 0.15) is 25.6 Å². The first kappa shape index (κ1) is 15.6. The molecule has 0 fully saturated rings. The second-order valence-electron chi connectivity index (χ2n) is 4.01. The Morgan fingerprint density at radius 1 is 1.19 bits per heavy atom. The molecular weight excluding hydrogens is 368 g/mol. The molecule has 2 rings (SSSR count). The molecule has 1 heterocycles. The zero-order chi connectivity index (χ0) is 15.6. The largest absolute Gasteiger partial charge is 0.478 e. The van der Waals surface area contributed by atoms with Gasteiger partial charge in [-0.15, -0.1) is 11.3 Å². The van der Waals surface area contributed by atoms with E-state index in [4.69, 9.17) is 5.11 Å². The van der Waals surface area contributed by atoms with Crippen LogP contribution in [0.4, 0.5) is 8.78 Å². The van der Waals surface area contributed by atoms with Crippen LogP contribution in [-0.4, -0.2) is 17.0 Å². The van der Waals surface area contributed by atoms with Crippen LogP contribution in [0.3, 0.4) is 0 Å². The lowest BCUT2D eigenvalue weighted by Gasteiger charge is -2.07. The molecule has 0 saturated carbocycles. The van der Waals surface area contributed by atoms with Crippen LogP contribution in [-0.2, 0) is 6.54 Å². The number of carboxylic acid groups (broad SMARTS) is 1. The molecule has 1 aromatic heterocycles. The first-order valence-corrected chi connectivity index (χ1v) is 7.24. The minimum absolute atomic E-state index is 0.160. The highest BCUT2D eigenvalue weighted by atomic mass is 79.9. The summed E-state index contributed by atoms with van der Waals surface area (Å²) in [5, 5.41) is 11.4. The Labute approximate surface area is 130 Å². The number of aromatic carboxylic acids is 1. The molecule has 2 N–H and O–H groups in total. The van der Waals surface area contributed by atoms with E-state index in [-0.39, 0.29) is 6.54 Å². The van der Waals surface area contributed by atoms with Gasteiger partial charge in [-0.05, 0) is 40.2 Å². The third-order valence-corrected chi connectivity index (χ3v) is 4.21. The second kappa shape index (κ2) is 6.31. The van der Waals surface area contributed by atoms with Crippen molar-refractivity contribution in [1.82, 2.24) is 5.32 Å². The van der Waals surface area contributed by atoms with Crippen LogP contribution in [0.2, 0.25) is 0 Å². The third kappa shape index (κ3) is 3.64. The standard InChI is InChI=1S/C13H8BrF2NO3S/c14-11-2-1-6(21-11)5-17-12(18)7-3-9(15)10(16)4-8(7)13(19)20/h1-4H,5H2,(H,17,18)(H,19,20). The normalized spacial score (nSPS) is 10.4. The Morgan fingerprint density at radius 3 is 2.33 bits per heavy atom. The molecule has 4 nitrogen and oxygen atoms in total. The van der Waals surface area contributed by atoms with E-state index >= 15 is 0 Å². The molecule has 0 aliphatic rings. The average molecular weight is 376 g/mol. The fraction of sp³-hybridized carbons (Fsp3) is 0.0769. The molecule has 110 valence electrons. The van der Waals surface area contributed by atoms with Crippen molar-refractivity contribution in [3.05, 3.63) is 55.7 Å². The van der Waals surface area contributed by atoms with E-state index in [0.717, 1.165) is 8.66 Å². The van der Waals surface area contributed by atoms with E-state index in [1.54, 1.807) is 12.1 Å². The van der Waals surface area contributed by atoms with Crippen LogP contribution in [0, 0.1) is 11.6 Å². The maximum Gasteiger partial charge on any atom is 0.336 e. The van der Waals surface area contributed by atoms with Gasteiger partial charge in [0, 0.05) is 4.88 Å². The van der Waals surface area contributed by atoms with Gasteiger partial charge in [-0.3, -0.25) is 4.79 Å². The zero-order valence-electron chi connectivity index (χ0n) is 10.3. The quantitative estimate of drug-likeness (QED) is 0.860. The van der Waals surface area contributed by atoms with Gasteiger partial charge in [-0.1, -0.05) is 0 Å². The number of benzene rings is 1. The number of carbonyl (C=O) groups excluding carboxylic acids is 1. The van der Waals surface area contributed by atoms with E-state index in [1.165, 1.54) is 11.3 Å². The van der Waals surface area contributed by atoms with Crippen molar-refractivity contribution in [2.24, 2.45) is 0 Å². The van der Waals surface area contributed by atoms with Crippen LogP contribution >= 0.6 is 27.3 Å². The highest BCUT2D eigenvalue weighted by Gasteiger charge is 2.20. The van der Waals surface area contributed by atoms with Gasteiger partial charge in [-0.25, -0.2) is 13.6 Å². The molecule has 1 aromatic carbocycles. The number of nitrogens with one attached hydrogen (secondary N) is 1. The maximum atomic E-state index is 13.2. The minimum Gasteiger partial charge on any atom is -0.478 e. The molecule has 0 spiro atoms. The zero-order valence-corrected chi connectivity index (χ0v) is 12.7. The monoisotopic (exact) mass is 375 g/mol. The van der Waals surface area contributed by atoms with Gasteiger partial charge in [0.05, 0.1) is 21.5 Å². The van der Waals surface area contributed by atoms with Crippen molar-refractivity contribution < 1.29 is 23.5 Å². The SMILES string of the molecule is O=C(O)c1cc(F)c(F)cc1C(=O)NCc1ccc(Br)s1. The summed E-state index contributed by atoms with van der Waals surface area (Å²) in [5.74, 6) is -4.87. The molecule has 0 radical (unpaired) electrons. The van der Waals surface area contributed by atoms with E-state index in [9.17, 15) is 18.4 Å². The van der Waals surface area contributed by atoms with Gasteiger partial charge in [-0.2, -0.15) is 0 Å². The predicted octanol–water partition coefficient (Wildman–Crippen LogP) is 3.42. The molecule has 0 bridgehead atoms. The van der Waals surface area contributed by atoms with E-state index < -0.39 is 34.6 Å². The van der Waals surface area contributed by atoms with Gasteiger partial charge >= 0.3 is 5.97 Å². The molecule has 0 aliphatic carbocycles. The molecule has 0 atom stereocenters. The van der Waals surface area contributed by atoms with Crippen molar-refractivity contribution in [1.29, 1.82) is 0 Å². The summed E-state index contributed by atoms with van der Waals surface area (Å²) >= 11 is 4.66. The molecule has 0 unspecified atom stereocenters. The number of carbonyl (C=O) groups is 2. The van der Waals surface area contributed by atoms with Crippen molar-refractivity contribution in [3.8, 4) is 0 Å². The van der Waals surface area contributed by atoms with Gasteiger partial charge in [0.25, 0.3) is 5.91 Å². The molecular formula is C13H8BrF2NO3S. The molecule has 21 heavy (non-hydrogen) atoms. The summed E-state index contributed by atoms with van der Waals surface area (Å²) < 4.78 is 27.1. The summed E-state index contributed by atoms with van der Waals surface area (Å²) in [4.78, 5) is 23.8. The number of hydrogen-bond donors (Lipinski definition) is 2. The number of thiophene rings is 1. The van der Waals surface area contributed by atoms with Crippen LogP contribution in [0.25, 0.3) is 0 Å². The topological polar surface area (TPSA) is 66.4 Å². The summed E-state index contributed by atoms with van der Waals surface area (Å²) in [6.07, 6.45) is 0. The average Bonchev–Trinajstić information content (AvgIpc) is 2.84. The van der Waals surface area contributed by atoms with Crippen LogP contribution in [0.5, 0.6) is 0 Å². The van der Waals surface area contributed by atoms with Gasteiger partial charge in [0.15, 0.2) is 11.6 Å². The number of amides is 1. The first-order valence-electron chi connectivity index (χ1n) is 5.63. The van der Waals surface area contributed by atoms with Crippen molar-refractivity contribution in [2.45, 2.75) is 6.54 Å². The lowest BCUT2D eigenvalue weighted by molar-refractivity contribution is 0.0690. The van der Waals surface area contributed by atoms with Crippen molar-refractivity contribution in [2.75, 3.05) is 0 Å². The smallest absolute Gasteiger partial charge is 0.336 e. The number of hydrogen-bond acceptors (Lipinski definition) is 3. The number of halogens is 3. The maximum absolute atomic E-state index is 13.2. The number of carboxylic acids is 1. The fourth-order valence-corrected chi connectivity index (χ4v) is 3.04. The van der Waals surface area contributed by atoms with E-state index in [0.29, 0.717) is 12.1 Å². The highest BCUT2D eigenvalue weighted by Crippen LogP contribution is 2.22. The Morgan fingerprint density at radius 2 is 1.81 bits per heavy atom. The molecule has 0 aliphatic heterocycles.